The predicted octanol–water partition coefficient (Wildman–Crippen LogP) is 3.45. The van der Waals surface area contributed by atoms with Gasteiger partial charge in [0.2, 0.25) is 10.0 Å². The lowest BCUT2D eigenvalue weighted by Gasteiger charge is -2.03. The highest BCUT2D eigenvalue weighted by atomic mass is 127. The summed E-state index contributed by atoms with van der Waals surface area (Å²) >= 11 is 3.41. The van der Waals surface area contributed by atoms with Crippen LogP contribution in [0.25, 0.3) is 10.2 Å². The second-order valence-corrected chi connectivity index (χ2v) is 9.15. The molecular weight excluding hydrogens is 473 g/mol. The molecule has 2 N–H and O–H groups in total. The summed E-state index contributed by atoms with van der Waals surface area (Å²) in [6.07, 6.45) is 0. The van der Waals surface area contributed by atoms with Crippen LogP contribution in [0.4, 0.5) is 5.13 Å². The molecular formula is C16H14IN3O3S2. The van der Waals surface area contributed by atoms with E-state index >= 15 is 0 Å². The number of thiazole rings is 1. The SMILES string of the molecule is CCNS(=O)(=O)c1ccc2nc(NC(=O)c3ccc(I)cc3)sc2c1. The van der Waals surface area contributed by atoms with E-state index in [1.54, 1.807) is 31.2 Å². The van der Waals surface area contributed by atoms with Crippen LogP contribution in [0.2, 0.25) is 0 Å². The number of nitrogens with one attached hydrogen (secondary N) is 2. The number of fused-ring (bicyclic) bond motifs is 1. The first-order valence-electron chi connectivity index (χ1n) is 7.36. The van der Waals surface area contributed by atoms with Crippen LogP contribution in [0.15, 0.2) is 47.4 Å². The van der Waals surface area contributed by atoms with Crippen molar-refractivity contribution in [3.63, 3.8) is 0 Å². The molecule has 6 nitrogen and oxygen atoms in total. The van der Waals surface area contributed by atoms with Crippen LogP contribution in [0.1, 0.15) is 17.3 Å². The number of halogens is 1. The van der Waals surface area contributed by atoms with Gasteiger partial charge in [-0.1, -0.05) is 18.3 Å². The third kappa shape index (κ3) is 4.17. The van der Waals surface area contributed by atoms with Crippen LogP contribution in [0.5, 0.6) is 0 Å². The van der Waals surface area contributed by atoms with Gasteiger partial charge < -0.3 is 0 Å². The van der Waals surface area contributed by atoms with Gasteiger partial charge in [0.15, 0.2) is 5.13 Å². The molecule has 0 atom stereocenters. The topological polar surface area (TPSA) is 88.2 Å². The van der Waals surface area contributed by atoms with Crippen molar-refractivity contribution in [3.05, 3.63) is 51.6 Å². The molecule has 0 fully saturated rings. The Labute approximate surface area is 162 Å². The number of aromatic nitrogens is 1. The van der Waals surface area contributed by atoms with Crippen molar-refractivity contribution in [1.29, 1.82) is 0 Å². The van der Waals surface area contributed by atoms with E-state index in [1.807, 2.05) is 12.1 Å². The molecule has 3 rings (SSSR count). The van der Waals surface area contributed by atoms with E-state index in [1.165, 1.54) is 17.4 Å². The molecule has 0 aliphatic heterocycles. The molecule has 0 radical (unpaired) electrons. The van der Waals surface area contributed by atoms with Crippen LogP contribution >= 0.6 is 33.9 Å². The van der Waals surface area contributed by atoms with Crippen LogP contribution in [-0.4, -0.2) is 25.9 Å². The maximum atomic E-state index is 12.3. The monoisotopic (exact) mass is 487 g/mol. The Morgan fingerprint density at radius 2 is 1.92 bits per heavy atom. The molecule has 25 heavy (non-hydrogen) atoms. The zero-order valence-corrected chi connectivity index (χ0v) is 16.9. The minimum atomic E-state index is -3.52. The molecule has 0 unspecified atom stereocenters. The van der Waals surface area contributed by atoms with Crippen molar-refractivity contribution in [2.24, 2.45) is 0 Å². The molecule has 3 aromatic rings. The van der Waals surface area contributed by atoms with Gasteiger partial charge in [0, 0.05) is 15.7 Å². The van der Waals surface area contributed by atoms with Gasteiger partial charge in [0.25, 0.3) is 5.91 Å². The number of carbonyl (C=O) groups is 1. The fourth-order valence-electron chi connectivity index (χ4n) is 2.17. The van der Waals surface area contributed by atoms with Gasteiger partial charge in [-0.25, -0.2) is 18.1 Å². The molecule has 0 spiro atoms. The first-order valence-corrected chi connectivity index (χ1v) is 10.7. The number of sulfonamides is 1. The molecule has 0 saturated heterocycles. The Morgan fingerprint density at radius 1 is 1.20 bits per heavy atom. The van der Waals surface area contributed by atoms with Gasteiger partial charge in [-0.3, -0.25) is 10.1 Å². The number of benzene rings is 2. The van der Waals surface area contributed by atoms with Crippen LogP contribution in [0, 0.1) is 3.57 Å². The molecule has 0 saturated carbocycles. The summed E-state index contributed by atoms with van der Waals surface area (Å²) in [6, 6.07) is 11.9. The average Bonchev–Trinajstić information content (AvgIpc) is 2.96. The third-order valence-electron chi connectivity index (χ3n) is 3.33. The molecule has 0 bridgehead atoms. The quantitative estimate of drug-likeness (QED) is 0.540. The molecule has 1 heterocycles. The van der Waals surface area contributed by atoms with E-state index in [-0.39, 0.29) is 10.8 Å². The molecule has 9 heteroatoms. The summed E-state index contributed by atoms with van der Waals surface area (Å²) in [4.78, 5) is 16.8. The number of nitrogens with zero attached hydrogens (tertiary/aromatic N) is 1. The fraction of sp³-hybridized carbons (Fsp3) is 0.125. The zero-order chi connectivity index (χ0) is 18.0. The first kappa shape index (κ1) is 18.2. The maximum absolute atomic E-state index is 12.3. The van der Waals surface area contributed by atoms with Crippen molar-refractivity contribution in [3.8, 4) is 0 Å². The van der Waals surface area contributed by atoms with E-state index in [0.29, 0.717) is 27.5 Å². The second kappa shape index (κ2) is 7.36. The predicted molar refractivity (Wildman–Crippen MR) is 108 cm³/mol. The fourth-order valence-corrected chi connectivity index (χ4v) is 4.57. The van der Waals surface area contributed by atoms with Crippen LogP contribution in [0.3, 0.4) is 0 Å². The highest BCUT2D eigenvalue weighted by Crippen LogP contribution is 2.28. The van der Waals surface area contributed by atoms with Crippen molar-refractivity contribution >= 4 is 65.2 Å². The normalized spacial score (nSPS) is 11.6. The van der Waals surface area contributed by atoms with Crippen molar-refractivity contribution in [1.82, 2.24) is 9.71 Å². The van der Waals surface area contributed by atoms with Gasteiger partial charge in [-0.05, 0) is 65.1 Å². The highest BCUT2D eigenvalue weighted by Gasteiger charge is 2.15. The number of carbonyl (C=O) groups excluding carboxylic acids is 1. The standard InChI is InChI=1S/C16H14IN3O3S2/c1-2-18-25(22,23)12-7-8-13-14(9-12)24-16(19-13)20-15(21)10-3-5-11(17)6-4-10/h3-9,18H,2H2,1H3,(H,19,20,21). The lowest BCUT2D eigenvalue weighted by molar-refractivity contribution is 0.102. The Bertz CT molecular complexity index is 1030. The Kier molecular flexibility index (Phi) is 5.37. The minimum absolute atomic E-state index is 0.181. The van der Waals surface area contributed by atoms with E-state index in [2.05, 4.69) is 37.6 Å². The summed E-state index contributed by atoms with van der Waals surface area (Å²) in [5, 5.41) is 3.18. The molecule has 1 amide bonds. The summed E-state index contributed by atoms with van der Waals surface area (Å²) in [5.74, 6) is -0.254. The van der Waals surface area contributed by atoms with E-state index in [9.17, 15) is 13.2 Å². The molecule has 2 aromatic carbocycles. The Hall–Kier alpha value is -1.56. The summed E-state index contributed by atoms with van der Waals surface area (Å²) < 4.78 is 28.3. The Balaban J connectivity index is 1.86. The van der Waals surface area contributed by atoms with Crippen molar-refractivity contribution in [2.45, 2.75) is 11.8 Å². The van der Waals surface area contributed by atoms with Crippen molar-refractivity contribution < 1.29 is 13.2 Å². The minimum Gasteiger partial charge on any atom is -0.298 e. The molecule has 130 valence electrons. The number of rotatable bonds is 5. The summed E-state index contributed by atoms with van der Waals surface area (Å²) in [5.41, 5.74) is 1.17. The van der Waals surface area contributed by atoms with Crippen LogP contribution < -0.4 is 10.0 Å². The summed E-state index contributed by atoms with van der Waals surface area (Å²) in [7, 11) is -3.52. The largest absolute Gasteiger partial charge is 0.298 e. The lowest BCUT2D eigenvalue weighted by atomic mass is 10.2. The smallest absolute Gasteiger partial charge is 0.257 e. The average molecular weight is 487 g/mol. The Morgan fingerprint density at radius 3 is 2.60 bits per heavy atom. The number of hydrogen-bond donors (Lipinski definition) is 2. The summed E-state index contributed by atoms with van der Waals surface area (Å²) in [6.45, 7) is 2.04. The van der Waals surface area contributed by atoms with Gasteiger partial charge in [0.05, 0.1) is 15.1 Å². The maximum Gasteiger partial charge on any atom is 0.257 e. The highest BCUT2D eigenvalue weighted by molar-refractivity contribution is 14.1. The van der Waals surface area contributed by atoms with Crippen molar-refractivity contribution in [2.75, 3.05) is 11.9 Å². The zero-order valence-electron chi connectivity index (χ0n) is 13.1. The van der Waals surface area contributed by atoms with Gasteiger partial charge in [-0.15, -0.1) is 0 Å². The molecule has 0 aliphatic rings. The third-order valence-corrected chi connectivity index (χ3v) is 6.53. The molecule has 1 aromatic heterocycles. The number of anilines is 1. The molecule has 0 aliphatic carbocycles. The van der Waals surface area contributed by atoms with Crippen LogP contribution in [-0.2, 0) is 10.0 Å². The second-order valence-electron chi connectivity index (χ2n) is 5.11. The first-order chi connectivity index (χ1) is 11.9. The van der Waals surface area contributed by atoms with Gasteiger partial charge in [-0.2, -0.15) is 0 Å². The van der Waals surface area contributed by atoms with E-state index in [0.717, 1.165) is 3.57 Å². The lowest BCUT2D eigenvalue weighted by Crippen LogP contribution is -2.22. The number of amides is 1. The number of hydrogen-bond acceptors (Lipinski definition) is 5. The van der Waals surface area contributed by atoms with E-state index < -0.39 is 10.0 Å². The van der Waals surface area contributed by atoms with Gasteiger partial charge >= 0.3 is 0 Å². The van der Waals surface area contributed by atoms with E-state index in [4.69, 9.17) is 0 Å². The van der Waals surface area contributed by atoms with Gasteiger partial charge in [0.1, 0.15) is 0 Å².